The monoisotopic (exact) mass is 207 g/mol. The standard InChI is InChI=1S/C8H8BClF3/c1-6-4-7(2-3-8(6)10)5-9(11,12)13/h2-4H,5H2,1H3/q-1. The molecule has 1 aromatic rings. The van der Waals surface area contributed by atoms with Gasteiger partial charge in [0.05, 0.1) is 0 Å². The van der Waals surface area contributed by atoms with Crippen molar-refractivity contribution >= 4 is 18.6 Å². The van der Waals surface area contributed by atoms with Gasteiger partial charge in [0.25, 0.3) is 0 Å². The Morgan fingerprint density at radius 2 is 1.92 bits per heavy atom. The van der Waals surface area contributed by atoms with E-state index >= 15 is 0 Å². The molecule has 0 saturated heterocycles. The predicted molar refractivity (Wildman–Crippen MR) is 49.0 cm³/mol. The summed E-state index contributed by atoms with van der Waals surface area (Å²) in [4.78, 5) is 0. The fourth-order valence-corrected chi connectivity index (χ4v) is 1.22. The van der Waals surface area contributed by atoms with Crippen molar-refractivity contribution in [3.8, 4) is 0 Å². The minimum absolute atomic E-state index is 0.273. The van der Waals surface area contributed by atoms with Crippen LogP contribution in [0.3, 0.4) is 0 Å². The molecule has 0 amide bonds. The topological polar surface area (TPSA) is 0 Å². The lowest BCUT2D eigenvalue weighted by atomic mass is 9.81. The van der Waals surface area contributed by atoms with E-state index in [4.69, 9.17) is 11.6 Å². The largest absolute Gasteiger partial charge is 0.482 e. The molecule has 0 heterocycles. The Morgan fingerprint density at radius 3 is 2.38 bits per heavy atom. The Kier molecular flexibility index (Phi) is 2.91. The van der Waals surface area contributed by atoms with Crippen molar-refractivity contribution in [2.45, 2.75) is 13.2 Å². The third kappa shape index (κ3) is 3.31. The summed E-state index contributed by atoms with van der Waals surface area (Å²) >= 11 is 5.68. The third-order valence-corrected chi connectivity index (χ3v) is 2.11. The van der Waals surface area contributed by atoms with Gasteiger partial charge in [0.1, 0.15) is 0 Å². The van der Waals surface area contributed by atoms with E-state index in [9.17, 15) is 12.9 Å². The Hall–Kier alpha value is -0.635. The van der Waals surface area contributed by atoms with Crippen LogP contribution in [0.15, 0.2) is 18.2 Å². The number of benzene rings is 1. The highest BCUT2D eigenvalue weighted by Crippen LogP contribution is 2.21. The van der Waals surface area contributed by atoms with Crippen LogP contribution in [0.2, 0.25) is 5.02 Å². The van der Waals surface area contributed by atoms with Crippen molar-refractivity contribution in [3.63, 3.8) is 0 Å². The molecule has 1 aromatic carbocycles. The van der Waals surface area contributed by atoms with Gasteiger partial charge in [-0.3, -0.25) is 0 Å². The summed E-state index contributed by atoms with van der Waals surface area (Å²) in [6, 6.07) is 4.37. The fraction of sp³-hybridized carbons (Fsp3) is 0.250. The van der Waals surface area contributed by atoms with E-state index in [1.807, 2.05) is 0 Å². The first-order chi connectivity index (χ1) is 5.88. The van der Waals surface area contributed by atoms with Gasteiger partial charge in [-0.15, -0.1) is 0 Å². The Balaban J connectivity index is 2.86. The number of rotatable bonds is 2. The van der Waals surface area contributed by atoms with Gasteiger partial charge >= 0.3 is 6.98 Å². The quantitative estimate of drug-likeness (QED) is 0.650. The van der Waals surface area contributed by atoms with Crippen molar-refractivity contribution in [3.05, 3.63) is 34.3 Å². The first kappa shape index (κ1) is 10.4. The molecule has 1 rings (SSSR count). The Labute approximate surface area is 79.8 Å². The normalized spacial score (nSPS) is 11.8. The molecule has 13 heavy (non-hydrogen) atoms. The highest BCUT2D eigenvalue weighted by Gasteiger charge is 2.23. The zero-order valence-electron chi connectivity index (χ0n) is 7.03. The van der Waals surface area contributed by atoms with Crippen molar-refractivity contribution in [2.75, 3.05) is 0 Å². The molecule has 0 nitrogen and oxygen atoms in total. The molecule has 0 N–H and O–H groups in total. The molecule has 0 saturated carbocycles. The Morgan fingerprint density at radius 1 is 1.31 bits per heavy atom. The van der Waals surface area contributed by atoms with Crippen LogP contribution in [0, 0.1) is 6.92 Å². The molecule has 5 heteroatoms. The van der Waals surface area contributed by atoms with Gasteiger partial charge in [-0.1, -0.05) is 35.6 Å². The van der Waals surface area contributed by atoms with E-state index in [1.165, 1.54) is 18.2 Å². The summed E-state index contributed by atoms with van der Waals surface area (Å²) in [6.07, 6.45) is -0.835. The highest BCUT2D eigenvalue weighted by molar-refractivity contribution is 6.57. The summed E-state index contributed by atoms with van der Waals surface area (Å²) in [7, 11) is 0. The summed E-state index contributed by atoms with van der Waals surface area (Å²) in [5, 5.41) is 0.499. The van der Waals surface area contributed by atoms with E-state index < -0.39 is 13.3 Å². The molecule has 0 aliphatic heterocycles. The summed E-state index contributed by atoms with van der Waals surface area (Å²) in [5.41, 5.74) is 0.952. The zero-order chi connectivity index (χ0) is 10.1. The predicted octanol–water partition coefficient (Wildman–Crippen LogP) is 3.58. The third-order valence-electron chi connectivity index (χ3n) is 1.69. The minimum atomic E-state index is -4.75. The maximum Gasteiger partial charge on any atom is 0.482 e. The molecule has 72 valence electrons. The molecule has 0 aromatic heterocycles. The van der Waals surface area contributed by atoms with Crippen LogP contribution in [-0.2, 0) is 6.32 Å². The van der Waals surface area contributed by atoms with Crippen LogP contribution in [0.4, 0.5) is 12.9 Å². The van der Waals surface area contributed by atoms with Gasteiger partial charge < -0.3 is 12.9 Å². The van der Waals surface area contributed by atoms with E-state index in [2.05, 4.69) is 0 Å². The van der Waals surface area contributed by atoms with E-state index in [0.717, 1.165) is 0 Å². The number of hydrogen-bond donors (Lipinski definition) is 0. The van der Waals surface area contributed by atoms with Gasteiger partial charge in [-0.05, 0) is 18.6 Å². The summed E-state index contributed by atoms with van der Waals surface area (Å²) in [5.74, 6) is 0. The first-order valence-electron chi connectivity index (χ1n) is 3.84. The van der Waals surface area contributed by atoms with Crippen molar-refractivity contribution in [2.24, 2.45) is 0 Å². The second-order valence-electron chi connectivity index (χ2n) is 3.00. The van der Waals surface area contributed by atoms with Gasteiger partial charge in [0.15, 0.2) is 0 Å². The number of aryl methyl sites for hydroxylation is 1. The van der Waals surface area contributed by atoms with Gasteiger partial charge in [-0.2, -0.15) is 0 Å². The molecule has 0 spiro atoms. The van der Waals surface area contributed by atoms with Gasteiger partial charge in [-0.25, -0.2) is 0 Å². The maximum absolute atomic E-state index is 12.0. The number of hydrogen-bond acceptors (Lipinski definition) is 0. The molecule has 0 atom stereocenters. The van der Waals surface area contributed by atoms with Crippen LogP contribution in [0.1, 0.15) is 11.1 Å². The minimum Gasteiger partial charge on any atom is -0.449 e. The van der Waals surface area contributed by atoms with Crippen LogP contribution in [0.5, 0.6) is 0 Å². The second kappa shape index (κ2) is 3.62. The van der Waals surface area contributed by atoms with Gasteiger partial charge in [0, 0.05) is 5.02 Å². The van der Waals surface area contributed by atoms with E-state index in [1.54, 1.807) is 6.92 Å². The highest BCUT2D eigenvalue weighted by atomic mass is 35.5. The SMILES string of the molecule is Cc1cc(C[B-](F)(F)F)ccc1Cl. The molecule has 0 aliphatic rings. The van der Waals surface area contributed by atoms with Crippen molar-refractivity contribution in [1.82, 2.24) is 0 Å². The van der Waals surface area contributed by atoms with E-state index in [0.29, 0.717) is 10.6 Å². The average molecular weight is 207 g/mol. The number of halogens is 4. The molecule has 0 aliphatic carbocycles. The van der Waals surface area contributed by atoms with Crippen LogP contribution in [-0.4, -0.2) is 6.98 Å². The molecule has 0 unspecified atom stereocenters. The Bertz CT molecular complexity index is 309. The molecule has 0 fully saturated rings. The molecular formula is C8H8BClF3-. The summed E-state index contributed by atoms with van der Waals surface area (Å²) in [6.45, 7) is -3.06. The lowest BCUT2D eigenvalue weighted by molar-refractivity contribution is 0.468. The molecule has 0 bridgehead atoms. The lowest BCUT2D eigenvalue weighted by Gasteiger charge is -2.13. The fourth-order valence-electron chi connectivity index (χ4n) is 1.10. The van der Waals surface area contributed by atoms with Crippen molar-refractivity contribution < 1.29 is 12.9 Å². The molecular weight excluding hydrogens is 199 g/mol. The molecule has 0 radical (unpaired) electrons. The van der Waals surface area contributed by atoms with Crippen LogP contribution in [0.25, 0.3) is 0 Å². The first-order valence-corrected chi connectivity index (χ1v) is 4.22. The smallest absolute Gasteiger partial charge is 0.449 e. The van der Waals surface area contributed by atoms with Crippen LogP contribution < -0.4 is 0 Å². The van der Waals surface area contributed by atoms with Crippen LogP contribution >= 0.6 is 11.6 Å². The maximum atomic E-state index is 12.0. The zero-order valence-corrected chi connectivity index (χ0v) is 7.78. The summed E-state index contributed by atoms with van der Waals surface area (Å²) < 4.78 is 36.0. The van der Waals surface area contributed by atoms with E-state index in [-0.39, 0.29) is 5.56 Å². The van der Waals surface area contributed by atoms with Gasteiger partial charge in [0.2, 0.25) is 0 Å². The average Bonchev–Trinajstić information content (AvgIpc) is 1.94. The second-order valence-corrected chi connectivity index (χ2v) is 3.41. The van der Waals surface area contributed by atoms with Crippen molar-refractivity contribution in [1.29, 1.82) is 0 Å². The lowest BCUT2D eigenvalue weighted by Crippen LogP contribution is -2.19.